The van der Waals surface area contributed by atoms with Crippen LogP contribution in [0.15, 0.2) is 34.9 Å². The molecule has 1 amide bonds. The summed E-state index contributed by atoms with van der Waals surface area (Å²) < 4.78 is 6.30. The predicted molar refractivity (Wildman–Crippen MR) is 80.8 cm³/mol. The molecule has 0 fully saturated rings. The van der Waals surface area contributed by atoms with E-state index >= 15 is 0 Å². The fourth-order valence-corrected chi connectivity index (χ4v) is 1.82. The average molecular weight is 371 g/mol. The Balaban J connectivity index is 2.07. The van der Waals surface area contributed by atoms with Crippen LogP contribution in [0.2, 0.25) is 0 Å². The molecule has 1 aromatic carbocycles. The summed E-state index contributed by atoms with van der Waals surface area (Å²) in [7, 11) is 0. The lowest BCUT2D eigenvalue weighted by molar-refractivity contribution is 0.102. The molecule has 0 aliphatic rings. The molecule has 0 aliphatic heterocycles. The van der Waals surface area contributed by atoms with Crippen LogP contribution < -0.4 is 11.1 Å². The highest BCUT2D eigenvalue weighted by molar-refractivity contribution is 14.1. The van der Waals surface area contributed by atoms with E-state index in [2.05, 4.69) is 32.9 Å². The van der Waals surface area contributed by atoms with E-state index in [-0.39, 0.29) is 17.6 Å². The molecule has 1 heterocycles. The molecule has 0 saturated carbocycles. The molecule has 2 rings (SSSR count). The van der Waals surface area contributed by atoms with Crippen molar-refractivity contribution in [2.24, 2.45) is 5.73 Å². The monoisotopic (exact) mass is 371 g/mol. The second-order valence-corrected chi connectivity index (χ2v) is 5.29. The highest BCUT2D eigenvalue weighted by Gasteiger charge is 2.15. The number of anilines is 1. The largest absolute Gasteiger partial charge is 0.446 e. The van der Waals surface area contributed by atoms with Gasteiger partial charge in [0, 0.05) is 9.26 Å². The highest BCUT2D eigenvalue weighted by atomic mass is 127. The number of aromatic nitrogens is 1. The van der Waals surface area contributed by atoms with Gasteiger partial charge in [0.25, 0.3) is 5.91 Å². The maximum Gasteiger partial charge on any atom is 0.277 e. The fourth-order valence-electron chi connectivity index (χ4n) is 1.47. The molecule has 19 heavy (non-hydrogen) atoms. The van der Waals surface area contributed by atoms with E-state index in [0.717, 1.165) is 9.26 Å². The zero-order valence-electron chi connectivity index (χ0n) is 10.4. The van der Waals surface area contributed by atoms with E-state index in [1.807, 2.05) is 31.2 Å². The summed E-state index contributed by atoms with van der Waals surface area (Å²) in [6, 6.07) is 7.21. The van der Waals surface area contributed by atoms with E-state index in [9.17, 15) is 4.79 Å². The molecule has 0 bridgehead atoms. The molecule has 1 aromatic heterocycles. The normalized spacial score (nSPS) is 12.2. The maximum absolute atomic E-state index is 11.9. The summed E-state index contributed by atoms with van der Waals surface area (Å²) in [5.74, 6) is 0.0785. The standard InChI is InChI=1S/C13H14IN3O2/c1-2-10(15)13-17-11(7-19-13)12(18)16-9-5-3-8(14)4-6-9/h3-7,10H,2,15H2,1H3,(H,16,18). The second kappa shape index (κ2) is 6.16. The summed E-state index contributed by atoms with van der Waals surface area (Å²) in [6.07, 6.45) is 2.03. The van der Waals surface area contributed by atoms with Crippen LogP contribution in [-0.4, -0.2) is 10.9 Å². The third-order valence-corrected chi connectivity index (χ3v) is 3.33. The predicted octanol–water partition coefficient (Wildman–Crippen LogP) is 2.94. The Labute approximate surface area is 124 Å². The van der Waals surface area contributed by atoms with Gasteiger partial charge >= 0.3 is 0 Å². The highest BCUT2D eigenvalue weighted by Crippen LogP contribution is 2.15. The number of rotatable bonds is 4. The van der Waals surface area contributed by atoms with Gasteiger partial charge in [-0.1, -0.05) is 6.92 Å². The Hall–Kier alpha value is -1.41. The molecule has 0 radical (unpaired) electrons. The van der Waals surface area contributed by atoms with Crippen molar-refractivity contribution in [2.45, 2.75) is 19.4 Å². The number of hydrogen-bond donors (Lipinski definition) is 2. The van der Waals surface area contributed by atoms with Crippen molar-refractivity contribution in [1.82, 2.24) is 4.98 Å². The summed E-state index contributed by atoms with van der Waals surface area (Å²) in [4.78, 5) is 16.0. The minimum Gasteiger partial charge on any atom is -0.446 e. The fraction of sp³-hybridized carbons (Fsp3) is 0.231. The first kappa shape index (κ1) is 14.0. The van der Waals surface area contributed by atoms with E-state index < -0.39 is 0 Å². The first-order valence-corrected chi connectivity index (χ1v) is 6.96. The molecular weight excluding hydrogens is 357 g/mol. The molecule has 0 aliphatic carbocycles. The number of amides is 1. The Bertz CT molecular complexity index is 566. The summed E-state index contributed by atoms with van der Waals surface area (Å²) in [5, 5.41) is 2.75. The minimum atomic E-state index is -0.306. The third kappa shape index (κ3) is 3.54. The van der Waals surface area contributed by atoms with Crippen molar-refractivity contribution in [3.05, 3.63) is 45.7 Å². The number of oxazole rings is 1. The lowest BCUT2D eigenvalue weighted by Gasteiger charge is -2.03. The van der Waals surface area contributed by atoms with Crippen LogP contribution in [-0.2, 0) is 0 Å². The van der Waals surface area contributed by atoms with Crippen LogP contribution in [0.25, 0.3) is 0 Å². The summed E-state index contributed by atoms with van der Waals surface area (Å²) in [6.45, 7) is 1.93. The molecule has 1 unspecified atom stereocenters. The number of nitrogens with one attached hydrogen (secondary N) is 1. The number of carbonyl (C=O) groups is 1. The van der Waals surface area contributed by atoms with E-state index in [4.69, 9.17) is 10.2 Å². The van der Waals surface area contributed by atoms with Crippen LogP contribution in [0.3, 0.4) is 0 Å². The van der Waals surface area contributed by atoms with E-state index in [0.29, 0.717) is 12.3 Å². The van der Waals surface area contributed by atoms with Crippen molar-refractivity contribution in [2.75, 3.05) is 5.32 Å². The van der Waals surface area contributed by atoms with Crippen molar-refractivity contribution < 1.29 is 9.21 Å². The molecule has 2 aromatic rings. The minimum absolute atomic E-state index is 0.234. The molecule has 6 heteroatoms. The van der Waals surface area contributed by atoms with Crippen LogP contribution >= 0.6 is 22.6 Å². The average Bonchev–Trinajstić information content (AvgIpc) is 2.90. The van der Waals surface area contributed by atoms with Gasteiger partial charge in [0.1, 0.15) is 6.26 Å². The van der Waals surface area contributed by atoms with Gasteiger partial charge in [-0.15, -0.1) is 0 Å². The van der Waals surface area contributed by atoms with Crippen LogP contribution in [0.4, 0.5) is 5.69 Å². The zero-order chi connectivity index (χ0) is 13.8. The number of nitrogens with zero attached hydrogens (tertiary/aromatic N) is 1. The second-order valence-electron chi connectivity index (χ2n) is 4.05. The smallest absolute Gasteiger partial charge is 0.277 e. The molecular formula is C13H14IN3O2. The van der Waals surface area contributed by atoms with Gasteiger partial charge in [-0.05, 0) is 53.3 Å². The number of hydrogen-bond acceptors (Lipinski definition) is 4. The molecule has 0 spiro atoms. The number of benzene rings is 1. The molecule has 0 saturated heterocycles. The van der Waals surface area contributed by atoms with E-state index in [1.54, 1.807) is 0 Å². The Morgan fingerprint density at radius 2 is 2.16 bits per heavy atom. The SMILES string of the molecule is CCC(N)c1nc(C(=O)Nc2ccc(I)cc2)co1. The van der Waals surface area contributed by atoms with Gasteiger partial charge in [0.05, 0.1) is 6.04 Å². The molecule has 100 valence electrons. The molecule has 1 atom stereocenters. The van der Waals surface area contributed by atoms with Crippen molar-refractivity contribution in [3.8, 4) is 0 Å². The van der Waals surface area contributed by atoms with Crippen molar-refractivity contribution in [3.63, 3.8) is 0 Å². The van der Waals surface area contributed by atoms with Crippen LogP contribution in [0, 0.1) is 3.57 Å². The Kier molecular flexibility index (Phi) is 4.54. The Morgan fingerprint density at radius 3 is 2.79 bits per heavy atom. The number of halogens is 1. The molecule has 3 N–H and O–H groups in total. The Morgan fingerprint density at radius 1 is 1.47 bits per heavy atom. The van der Waals surface area contributed by atoms with Crippen LogP contribution in [0.5, 0.6) is 0 Å². The lowest BCUT2D eigenvalue weighted by atomic mass is 10.2. The van der Waals surface area contributed by atoms with Gasteiger partial charge < -0.3 is 15.5 Å². The maximum atomic E-state index is 11.9. The van der Waals surface area contributed by atoms with Gasteiger partial charge in [0.15, 0.2) is 5.69 Å². The zero-order valence-corrected chi connectivity index (χ0v) is 12.5. The van der Waals surface area contributed by atoms with Gasteiger partial charge in [-0.3, -0.25) is 4.79 Å². The van der Waals surface area contributed by atoms with Crippen LogP contribution in [0.1, 0.15) is 35.8 Å². The lowest BCUT2D eigenvalue weighted by Crippen LogP contribution is -2.14. The first-order valence-electron chi connectivity index (χ1n) is 5.88. The van der Waals surface area contributed by atoms with Gasteiger partial charge in [0.2, 0.25) is 5.89 Å². The molecule has 5 nitrogen and oxygen atoms in total. The number of nitrogens with two attached hydrogens (primary N) is 1. The topological polar surface area (TPSA) is 81.1 Å². The quantitative estimate of drug-likeness (QED) is 0.810. The van der Waals surface area contributed by atoms with Gasteiger partial charge in [-0.25, -0.2) is 4.98 Å². The first-order chi connectivity index (χ1) is 9.10. The van der Waals surface area contributed by atoms with Crippen molar-refractivity contribution in [1.29, 1.82) is 0 Å². The van der Waals surface area contributed by atoms with Gasteiger partial charge in [-0.2, -0.15) is 0 Å². The van der Waals surface area contributed by atoms with E-state index in [1.165, 1.54) is 6.26 Å². The third-order valence-electron chi connectivity index (χ3n) is 2.61. The summed E-state index contributed by atoms with van der Waals surface area (Å²) in [5.41, 5.74) is 6.74. The van der Waals surface area contributed by atoms with Crippen molar-refractivity contribution >= 4 is 34.2 Å². The number of carbonyl (C=O) groups excluding carboxylic acids is 1. The summed E-state index contributed by atoms with van der Waals surface area (Å²) >= 11 is 2.20.